The lowest BCUT2D eigenvalue weighted by Gasteiger charge is -2.35. The summed E-state index contributed by atoms with van der Waals surface area (Å²) < 4.78 is 10.7. The molecular formula is C17H24N2O3. The number of hydrogen-bond acceptors (Lipinski definition) is 3. The van der Waals surface area contributed by atoms with Gasteiger partial charge in [0.05, 0.1) is 14.2 Å². The van der Waals surface area contributed by atoms with Crippen LogP contribution < -0.4 is 9.47 Å². The molecule has 1 aromatic rings. The summed E-state index contributed by atoms with van der Waals surface area (Å²) in [6.45, 7) is 3.23. The molecule has 1 aromatic carbocycles. The molecule has 1 fully saturated rings. The van der Waals surface area contributed by atoms with Gasteiger partial charge in [-0.25, -0.2) is 4.79 Å². The van der Waals surface area contributed by atoms with E-state index in [0.29, 0.717) is 6.54 Å². The maximum Gasteiger partial charge on any atom is 0.320 e. The summed E-state index contributed by atoms with van der Waals surface area (Å²) in [5, 5.41) is 0. The minimum atomic E-state index is 0.181. The van der Waals surface area contributed by atoms with Crippen LogP contribution in [-0.2, 0) is 13.0 Å². The molecule has 2 heterocycles. The lowest BCUT2D eigenvalue weighted by molar-refractivity contribution is 0.138. The van der Waals surface area contributed by atoms with Crippen molar-refractivity contribution in [1.29, 1.82) is 0 Å². The third-order valence-corrected chi connectivity index (χ3v) is 4.62. The third-order valence-electron chi connectivity index (χ3n) is 4.62. The van der Waals surface area contributed by atoms with Gasteiger partial charge in [-0.05, 0) is 48.9 Å². The van der Waals surface area contributed by atoms with Gasteiger partial charge in [-0.15, -0.1) is 0 Å². The second-order valence-corrected chi connectivity index (χ2v) is 5.98. The molecule has 22 heavy (non-hydrogen) atoms. The van der Waals surface area contributed by atoms with Crippen LogP contribution in [-0.4, -0.2) is 49.7 Å². The van der Waals surface area contributed by atoms with E-state index in [-0.39, 0.29) is 6.03 Å². The summed E-state index contributed by atoms with van der Waals surface area (Å²) in [5.41, 5.74) is 2.41. The number of fused-ring (bicyclic) bond motifs is 1. The Morgan fingerprint density at radius 2 is 1.55 bits per heavy atom. The van der Waals surface area contributed by atoms with Crippen molar-refractivity contribution in [3.05, 3.63) is 23.3 Å². The third kappa shape index (κ3) is 2.85. The number of ether oxygens (including phenoxy) is 2. The maximum atomic E-state index is 12.6. The summed E-state index contributed by atoms with van der Waals surface area (Å²) in [6.07, 6.45) is 4.36. The van der Waals surface area contributed by atoms with Gasteiger partial charge in [-0.2, -0.15) is 0 Å². The molecule has 0 N–H and O–H groups in total. The van der Waals surface area contributed by atoms with Gasteiger partial charge in [-0.1, -0.05) is 0 Å². The first-order valence-electron chi connectivity index (χ1n) is 8.00. The number of benzene rings is 1. The van der Waals surface area contributed by atoms with Gasteiger partial charge in [0.1, 0.15) is 0 Å². The van der Waals surface area contributed by atoms with Crippen molar-refractivity contribution < 1.29 is 14.3 Å². The monoisotopic (exact) mass is 304 g/mol. The fourth-order valence-electron chi connectivity index (χ4n) is 3.33. The van der Waals surface area contributed by atoms with Crippen molar-refractivity contribution in [2.45, 2.75) is 32.2 Å². The highest BCUT2D eigenvalue weighted by molar-refractivity contribution is 5.75. The Labute approximate surface area is 131 Å². The van der Waals surface area contributed by atoms with Crippen molar-refractivity contribution in [3.63, 3.8) is 0 Å². The molecule has 0 aromatic heterocycles. The van der Waals surface area contributed by atoms with Crippen LogP contribution in [0.1, 0.15) is 30.4 Å². The van der Waals surface area contributed by atoms with Crippen LogP contribution in [0.25, 0.3) is 0 Å². The molecule has 0 aliphatic carbocycles. The highest BCUT2D eigenvalue weighted by atomic mass is 16.5. The van der Waals surface area contributed by atoms with Gasteiger partial charge in [0.2, 0.25) is 0 Å². The van der Waals surface area contributed by atoms with E-state index in [0.717, 1.165) is 56.0 Å². The molecule has 3 rings (SSSR count). The zero-order valence-electron chi connectivity index (χ0n) is 13.4. The highest BCUT2D eigenvalue weighted by Crippen LogP contribution is 2.33. The van der Waals surface area contributed by atoms with Gasteiger partial charge in [0, 0.05) is 26.2 Å². The molecule has 0 radical (unpaired) electrons. The van der Waals surface area contributed by atoms with Crippen molar-refractivity contribution in [2.24, 2.45) is 0 Å². The number of methoxy groups -OCH3 is 2. The lowest BCUT2D eigenvalue weighted by Crippen LogP contribution is -2.47. The number of nitrogens with zero attached hydrogens (tertiary/aromatic N) is 2. The summed E-state index contributed by atoms with van der Waals surface area (Å²) in [5.74, 6) is 1.49. The summed E-state index contributed by atoms with van der Waals surface area (Å²) in [7, 11) is 3.29. The number of urea groups is 1. The molecule has 5 nitrogen and oxygen atoms in total. The standard InChI is InChI=1S/C17H24N2O3/c1-21-15-10-13-6-9-19(12-14(13)11-16(15)22-2)17(20)18-7-4-3-5-8-18/h10-11H,3-9,12H2,1-2H3. The average Bonchev–Trinajstić information content (AvgIpc) is 2.60. The number of carbonyl (C=O) groups is 1. The van der Waals surface area contributed by atoms with Crippen molar-refractivity contribution >= 4 is 6.03 Å². The van der Waals surface area contributed by atoms with E-state index in [2.05, 4.69) is 0 Å². The molecule has 0 spiro atoms. The molecule has 5 heteroatoms. The largest absolute Gasteiger partial charge is 0.493 e. The van der Waals surface area contributed by atoms with Crippen LogP contribution in [0.5, 0.6) is 11.5 Å². The quantitative estimate of drug-likeness (QED) is 0.843. The normalized spacial score (nSPS) is 17.9. The summed E-state index contributed by atoms with van der Waals surface area (Å²) in [6, 6.07) is 4.22. The molecule has 2 amide bonds. The Balaban J connectivity index is 1.76. The Morgan fingerprint density at radius 3 is 2.18 bits per heavy atom. The predicted molar refractivity (Wildman–Crippen MR) is 84.5 cm³/mol. The van der Waals surface area contributed by atoms with Crippen LogP contribution in [0, 0.1) is 0 Å². The smallest absolute Gasteiger partial charge is 0.320 e. The van der Waals surface area contributed by atoms with E-state index < -0.39 is 0 Å². The van der Waals surface area contributed by atoms with Crippen molar-refractivity contribution in [3.8, 4) is 11.5 Å². The maximum absolute atomic E-state index is 12.6. The number of carbonyl (C=O) groups excluding carboxylic acids is 1. The minimum absolute atomic E-state index is 0.181. The second-order valence-electron chi connectivity index (χ2n) is 5.98. The van der Waals surface area contributed by atoms with E-state index in [1.807, 2.05) is 21.9 Å². The molecule has 120 valence electrons. The molecule has 0 saturated carbocycles. The fourth-order valence-corrected chi connectivity index (χ4v) is 3.33. The first-order valence-corrected chi connectivity index (χ1v) is 8.00. The van der Waals surface area contributed by atoms with Crippen LogP contribution in [0.15, 0.2) is 12.1 Å². The minimum Gasteiger partial charge on any atom is -0.493 e. The van der Waals surface area contributed by atoms with E-state index in [9.17, 15) is 4.79 Å². The Bertz CT molecular complexity index is 553. The van der Waals surface area contributed by atoms with Crippen LogP contribution >= 0.6 is 0 Å². The molecule has 0 unspecified atom stereocenters. The molecule has 0 bridgehead atoms. The zero-order valence-corrected chi connectivity index (χ0v) is 13.4. The molecule has 1 saturated heterocycles. The number of hydrogen-bond donors (Lipinski definition) is 0. The topological polar surface area (TPSA) is 42.0 Å². The zero-order chi connectivity index (χ0) is 15.5. The summed E-state index contributed by atoms with van der Waals surface area (Å²) in [4.78, 5) is 16.6. The Hall–Kier alpha value is -1.91. The van der Waals surface area contributed by atoms with Crippen LogP contribution in [0.3, 0.4) is 0 Å². The SMILES string of the molecule is COc1cc2c(cc1OC)CN(C(=O)N1CCCCC1)CC2. The van der Waals surface area contributed by atoms with E-state index >= 15 is 0 Å². The number of likely N-dealkylation sites (tertiary alicyclic amines) is 1. The number of amides is 2. The fraction of sp³-hybridized carbons (Fsp3) is 0.588. The van der Waals surface area contributed by atoms with Gasteiger partial charge >= 0.3 is 6.03 Å². The first-order chi connectivity index (χ1) is 10.7. The number of piperidine rings is 1. The summed E-state index contributed by atoms with van der Waals surface area (Å²) >= 11 is 0. The lowest BCUT2D eigenvalue weighted by atomic mass is 9.99. The van der Waals surface area contributed by atoms with Crippen molar-refractivity contribution in [1.82, 2.24) is 9.80 Å². The highest BCUT2D eigenvalue weighted by Gasteiger charge is 2.26. The van der Waals surface area contributed by atoms with Gasteiger partial charge in [0.25, 0.3) is 0 Å². The van der Waals surface area contributed by atoms with E-state index in [1.54, 1.807) is 14.2 Å². The van der Waals surface area contributed by atoms with Gasteiger partial charge < -0.3 is 19.3 Å². The average molecular weight is 304 g/mol. The predicted octanol–water partition coefficient (Wildman–Crippen LogP) is 2.67. The van der Waals surface area contributed by atoms with E-state index in [1.165, 1.54) is 12.0 Å². The van der Waals surface area contributed by atoms with Crippen LogP contribution in [0.2, 0.25) is 0 Å². The molecule has 2 aliphatic heterocycles. The number of rotatable bonds is 2. The van der Waals surface area contributed by atoms with E-state index in [4.69, 9.17) is 9.47 Å². The Morgan fingerprint density at radius 1 is 0.909 bits per heavy atom. The van der Waals surface area contributed by atoms with Gasteiger partial charge in [-0.3, -0.25) is 0 Å². The second kappa shape index (κ2) is 6.46. The van der Waals surface area contributed by atoms with Gasteiger partial charge in [0.15, 0.2) is 11.5 Å². The molecule has 0 atom stereocenters. The van der Waals surface area contributed by atoms with Crippen LogP contribution in [0.4, 0.5) is 4.79 Å². The molecular weight excluding hydrogens is 280 g/mol. The van der Waals surface area contributed by atoms with Crippen molar-refractivity contribution in [2.75, 3.05) is 33.9 Å². The Kier molecular flexibility index (Phi) is 4.41. The first kappa shape index (κ1) is 15.0. The molecule has 2 aliphatic rings.